The van der Waals surface area contributed by atoms with Gasteiger partial charge in [-0.15, -0.1) is 0 Å². The molecule has 0 aromatic rings. The molecule has 4 N–H and O–H groups in total. The van der Waals surface area contributed by atoms with E-state index in [1.165, 1.54) is 0 Å². The zero-order chi connectivity index (χ0) is 0. The zero-order valence-electron chi connectivity index (χ0n) is 2.46. The van der Waals surface area contributed by atoms with Gasteiger partial charge < -0.3 is 21.9 Å². The van der Waals surface area contributed by atoms with E-state index >= 15 is 0 Å². The maximum Gasteiger partial charge on any atom is 2.00 e. The molecule has 0 rings (SSSR count). The maximum absolute atomic E-state index is 0. The molecule has 0 fully saturated rings. The standard InChI is InChI=1S/Fe.Ni.4H2O/h;;4*1H2/q2*+2;;;;/p-4. The Bertz CT molecular complexity index is 7.51. The summed E-state index contributed by atoms with van der Waals surface area (Å²) in [6, 6.07) is 0. The molecule has 4 nitrogen and oxygen atoms in total. The van der Waals surface area contributed by atoms with Crippen molar-refractivity contribution < 1.29 is 55.5 Å². The van der Waals surface area contributed by atoms with Crippen molar-refractivity contribution in [2.45, 2.75) is 0 Å². The Kier molecular flexibility index (Phi) is 10200. The molecule has 6 heteroatoms. The van der Waals surface area contributed by atoms with Gasteiger partial charge in [0.2, 0.25) is 0 Å². The van der Waals surface area contributed by atoms with Crippen molar-refractivity contribution in [3.05, 3.63) is 0 Å². The van der Waals surface area contributed by atoms with E-state index in [0.717, 1.165) is 0 Å². The predicted molar refractivity (Wildman–Crippen MR) is 7.74 cm³/mol. The first-order valence-corrected chi connectivity index (χ1v) is 0. The van der Waals surface area contributed by atoms with Crippen molar-refractivity contribution in [1.29, 1.82) is 0 Å². The fourth-order valence-corrected chi connectivity index (χ4v) is 0. The van der Waals surface area contributed by atoms with Gasteiger partial charge in [0, 0.05) is 0 Å². The van der Waals surface area contributed by atoms with Crippen LogP contribution in [0, 0.1) is 0 Å². The van der Waals surface area contributed by atoms with Crippen LogP contribution in [0.4, 0.5) is 0 Å². The van der Waals surface area contributed by atoms with Gasteiger partial charge >= 0.3 is 33.6 Å². The first-order chi connectivity index (χ1) is 0. The largest absolute Gasteiger partial charge is 2.00 e. The molecule has 0 heterocycles. The van der Waals surface area contributed by atoms with E-state index in [1.807, 2.05) is 0 Å². The average molecular weight is 183 g/mol. The minimum absolute atomic E-state index is 0. The van der Waals surface area contributed by atoms with Crippen LogP contribution in [0.5, 0.6) is 0 Å². The van der Waals surface area contributed by atoms with Gasteiger partial charge in [-0.1, -0.05) is 0 Å². The van der Waals surface area contributed by atoms with E-state index in [9.17, 15) is 0 Å². The third kappa shape index (κ3) is 99.0. The zero-order valence-corrected chi connectivity index (χ0v) is 4.55. The van der Waals surface area contributed by atoms with Gasteiger partial charge in [0.05, 0.1) is 0 Å². The molecule has 0 aromatic heterocycles. The van der Waals surface area contributed by atoms with Crippen molar-refractivity contribution in [3.63, 3.8) is 0 Å². The molecule has 0 saturated heterocycles. The van der Waals surface area contributed by atoms with Gasteiger partial charge in [-0.25, -0.2) is 0 Å². The molecule has 0 aliphatic rings. The molecule has 0 bridgehead atoms. The maximum atomic E-state index is 0. The second-order valence-electron chi connectivity index (χ2n) is 0. The van der Waals surface area contributed by atoms with Crippen LogP contribution in [0.1, 0.15) is 0 Å². The number of hydrogen-bond acceptors (Lipinski definition) is 4. The van der Waals surface area contributed by atoms with Gasteiger partial charge in [-0.3, -0.25) is 0 Å². The number of rotatable bonds is 0. The Labute approximate surface area is 55.9 Å². The smallest absolute Gasteiger partial charge is 0.870 e. The van der Waals surface area contributed by atoms with Crippen LogP contribution in [-0.4, -0.2) is 21.9 Å². The van der Waals surface area contributed by atoms with Gasteiger partial charge in [0.15, 0.2) is 0 Å². The van der Waals surface area contributed by atoms with Gasteiger partial charge in [0.1, 0.15) is 0 Å². The van der Waals surface area contributed by atoms with Gasteiger partial charge in [-0.2, -0.15) is 0 Å². The summed E-state index contributed by atoms with van der Waals surface area (Å²) in [6.45, 7) is 0. The second kappa shape index (κ2) is 189. The van der Waals surface area contributed by atoms with Gasteiger partial charge in [-0.05, 0) is 0 Å². The molecule has 0 aliphatic heterocycles. The minimum Gasteiger partial charge on any atom is -0.870 e. The second-order valence-corrected chi connectivity index (χ2v) is 0. The molecule has 0 saturated carbocycles. The summed E-state index contributed by atoms with van der Waals surface area (Å²) in [6.07, 6.45) is 0. The number of hydrogen-bond donors (Lipinski definition) is 0. The van der Waals surface area contributed by atoms with Crippen LogP contribution in [0.2, 0.25) is 0 Å². The Hall–Kier alpha value is 0.853. The fraction of sp³-hybridized carbons (Fsp3) is 0. The molecule has 0 amide bonds. The summed E-state index contributed by atoms with van der Waals surface area (Å²) in [7, 11) is 0. The summed E-state index contributed by atoms with van der Waals surface area (Å²) < 4.78 is 0. The summed E-state index contributed by atoms with van der Waals surface area (Å²) in [5.74, 6) is 0. The van der Waals surface area contributed by atoms with E-state index < -0.39 is 0 Å². The molecule has 6 heavy (non-hydrogen) atoms. The van der Waals surface area contributed by atoms with Crippen molar-refractivity contribution in [1.82, 2.24) is 0 Å². The fourth-order valence-electron chi connectivity index (χ4n) is 0. The molecule has 0 aliphatic carbocycles. The predicted octanol–water partition coefficient (Wildman–Crippen LogP) is -0.712. The molecule has 0 unspecified atom stereocenters. The van der Waals surface area contributed by atoms with Crippen LogP contribution in [0.15, 0.2) is 0 Å². The Morgan fingerprint density at radius 3 is 0.500 bits per heavy atom. The van der Waals surface area contributed by atoms with Crippen LogP contribution in [-0.2, 0) is 33.6 Å². The van der Waals surface area contributed by atoms with E-state index in [-0.39, 0.29) is 55.5 Å². The molecule has 0 spiro atoms. The van der Waals surface area contributed by atoms with Crippen LogP contribution >= 0.6 is 0 Å². The average Bonchev–Trinajstić information content (AvgIpc) is 0. The molecule has 0 radical (unpaired) electrons. The Balaban J connectivity index is 0. The van der Waals surface area contributed by atoms with E-state index in [4.69, 9.17) is 0 Å². The topological polar surface area (TPSA) is 120 Å². The first kappa shape index (κ1) is 323. The van der Waals surface area contributed by atoms with E-state index in [1.54, 1.807) is 0 Å². The summed E-state index contributed by atoms with van der Waals surface area (Å²) in [5, 5.41) is 0. The van der Waals surface area contributed by atoms with Crippen molar-refractivity contribution in [2.24, 2.45) is 0 Å². The third-order valence-electron chi connectivity index (χ3n) is 0. The van der Waals surface area contributed by atoms with Gasteiger partial charge in [0.25, 0.3) is 0 Å². The monoisotopic (exact) mass is 182 g/mol. The van der Waals surface area contributed by atoms with Crippen molar-refractivity contribution in [2.75, 3.05) is 0 Å². The molecule has 0 aromatic carbocycles. The summed E-state index contributed by atoms with van der Waals surface area (Å²) in [5.41, 5.74) is 0. The Morgan fingerprint density at radius 1 is 0.500 bits per heavy atom. The molecular weight excluding hydrogens is 179 g/mol. The quantitative estimate of drug-likeness (QED) is 0.459. The van der Waals surface area contributed by atoms with Crippen LogP contribution in [0.25, 0.3) is 0 Å². The van der Waals surface area contributed by atoms with E-state index in [0.29, 0.717) is 0 Å². The normalized spacial score (nSPS) is 0. The van der Waals surface area contributed by atoms with Crippen molar-refractivity contribution in [3.8, 4) is 0 Å². The van der Waals surface area contributed by atoms with Crippen LogP contribution in [0.3, 0.4) is 0 Å². The Morgan fingerprint density at radius 2 is 0.500 bits per heavy atom. The third-order valence-corrected chi connectivity index (χ3v) is 0. The van der Waals surface area contributed by atoms with Crippen LogP contribution < -0.4 is 0 Å². The van der Waals surface area contributed by atoms with Crippen molar-refractivity contribution >= 4 is 0 Å². The van der Waals surface area contributed by atoms with E-state index in [2.05, 4.69) is 0 Å². The molecular formula is H4FeNiO4. The minimum atomic E-state index is 0. The summed E-state index contributed by atoms with van der Waals surface area (Å²) >= 11 is 0. The SMILES string of the molecule is [Fe+2].[Ni+2].[OH-].[OH-].[OH-].[OH-]. The first-order valence-electron chi connectivity index (χ1n) is 0. The summed E-state index contributed by atoms with van der Waals surface area (Å²) in [4.78, 5) is 0. The molecule has 46 valence electrons. The molecule has 0 atom stereocenters.